The Morgan fingerprint density at radius 3 is 2.74 bits per heavy atom. The van der Waals surface area contributed by atoms with E-state index < -0.39 is 0 Å². The maximum Gasteiger partial charge on any atom is 0.340 e. The Bertz CT molecular complexity index is 576. The Balaban J connectivity index is 2.25. The van der Waals surface area contributed by atoms with Gasteiger partial charge in [-0.1, -0.05) is 42.5 Å². The molecule has 2 aromatic rings. The third-order valence-electron chi connectivity index (χ3n) is 2.61. The van der Waals surface area contributed by atoms with Gasteiger partial charge in [-0.3, -0.25) is 4.98 Å². The third-order valence-corrected chi connectivity index (χ3v) is 2.61. The Morgan fingerprint density at radius 2 is 2.00 bits per heavy atom. The van der Waals surface area contributed by atoms with Crippen LogP contribution in [0.1, 0.15) is 28.4 Å². The van der Waals surface area contributed by atoms with Crippen LogP contribution in [0.15, 0.2) is 48.8 Å². The number of esters is 1. The number of nitrogens with zero attached hydrogens (tertiary/aromatic N) is 1. The second-order valence-corrected chi connectivity index (χ2v) is 3.93. The molecule has 96 valence electrons. The van der Waals surface area contributed by atoms with Gasteiger partial charge in [-0.05, 0) is 24.1 Å². The lowest BCUT2D eigenvalue weighted by atomic mass is 10.1. The molecule has 3 heteroatoms. The molecular formula is C16H15NO2. The predicted octanol–water partition coefficient (Wildman–Crippen LogP) is 3.43. The molecule has 2 rings (SSSR count). The number of carbonyl (C=O) groups excluding carboxylic acids is 1. The summed E-state index contributed by atoms with van der Waals surface area (Å²) in [5, 5.41) is 0. The quantitative estimate of drug-likeness (QED) is 0.784. The molecule has 0 radical (unpaired) electrons. The van der Waals surface area contributed by atoms with Crippen molar-refractivity contribution in [2.75, 3.05) is 6.61 Å². The van der Waals surface area contributed by atoms with Crippen LogP contribution in [-0.2, 0) is 4.74 Å². The van der Waals surface area contributed by atoms with E-state index in [1.54, 1.807) is 19.2 Å². The van der Waals surface area contributed by atoms with E-state index in [2.05, 4.69) is 4.98 Å². The van der Waals surface area contributed by atoms with Crippen molar-refractivity contribution in [3.05, 3.63) is 65.5 Å². The lowest BCUT2D eigenvalue weighted by Crippen LogP contribution is -2.06. The van der Waals surface area contributed by atoms with Crippen LogP contribution in [0, 0.1) is 0 Å². The highest BCUT2D eigenvalue weighted by Crippen LogP contribution is 2.13. The SMILES string of the molecule is CCOC(=O)c1cnccc1/C=C/c1ccccc1. The van der Waals surface area contributed by atoms with Crippen LogP contribution in [0.3, 0.4) is 0 Å². The first-order valence-corrected chi connectivity index (χ1v) is 6.15. The van der Waals surface area contributed by atoms with Crippen molar-refractivity contribution in [1.82, 2.24) is 4.98 Å². The minimum absolute atomic E-state index is 0.344. The summed E-state index contributed by atoms with van der Waals surface area (Å²) < 4.78 is 5.01. The van der Waals surface area contributed by atoms with Gasteiger partial charge in [-0.25, -0.2) is 4.79 Å². The summed E-state index contributed by atoms with van der Waals surface area (Å²) in [5.41, 5.74) is 2.36. The smallest absolute Gasteiger partial charge is 0.340 e. The van der Waals surface area contributed by atoms with Gasteiger partial charge < -0.3 is 4.74 Å². The van der Waals surface area contributed by atoms with Crippen molar-refractivity contribution >= 4 is 18.1 Å². The highest BCUT2D eigenvalue weighted by atomic mass is 16.5. The molecule has 0 aliphatic rings. The Hall–Kier alpha value is -2.42. The first-order valence-electron chi connectivity index (χ1n) is 6.15. The maximum absolute atomic E-state index is 11.8. The third kappa shape index (κ3) is 3.52. The lowest BCUT2D eigenvalue weighted by molar-refractivity contribution is 0.0525. The number of ether oxygens (including phenoxy) is 1. The highest BCUT2D eigenvalue weighted by Gasteiger charge is 2.10. The number of pyridine rings is 1. The fourth-order valence-corrected chi connectivity index (χ4v) is 1.68. The number of aromatic nitrogens is 1. The monoisotopic (exact) mass is 253 g/mol. The number of hydrogen-bond acceptors (Lipinski definition) is 3. The van der Waals surface area contributed by atoms with Crippen molar-refractivity contribution in [3.8, 4) is 0 Å². The average molecular weight is 253 g/mol. The molecule has 0 amide bonds. The van der Waals surface area contributed by atoms with Crippen molar-refractivity contribution in [2.45, 2.75) is 6.92 Å². The molecule has 0 bridgehead atoms. The predicted molar refractivity (Wildman–Crippen MR) is 75.6 cm³/mol. The number of rotatable bonds is 4. The van der Waals surface area contributed by atoms with Gasteiger partial charge in [0.15, 0.2) is 0 Å². The molecule has 1 aromatic carbocycles. The molecule has 1 aromatic heterocycles. The standard InChI is InChI=1S/C16H15NO2/c1-2-19-16(18)15-12-17-11-10-14(15)9-8-13-6-4-3-5-7-13/h3-12H,2H2,1H3/b9-8+. The second-order valence-electron chi connectivity index (χ2n) is 3.93. The molecule has 0 fully saturated rings. The molecule has 19 heavy (non-hydrogen) atoms. The number of benzene rings is 1. The summed E-state index contributed by atoms with van der Waals surface area (Å²) >= 11 is 0. The molecule has 0 unspecified atom stereocenters. The van der Waals surface area contributed by atoms with Crippen LogP contribution >= 0.6 is 0 Å². The maximum atomic E-state index is 11.8. The van der Waals surface area contributed by atoms with Gasteiger partial charge in [0.1, 0.15) is 0 Å². The second kappa shape index (κ2) is 6.50. The largest absolute Gasteiger partial charge is 0.462 e. The van der Waals surface area contributed by atoms with E-state index in [1.165, 1.54) is 6.20 Å². The number of hydrogen-bond donors (Lipinski definition) is 0. The Labute approximate surface area is 112 Å². The van der Waals surface area contributed by atoms with Gasteiger partial charge in [-0.15, -0.1) is 0 Å². The summed E-state index contributed by atoms with van der Waals surface area (Å²) in [6.45, 7) is 2.14. The van der Waals surface area contributed by atoms with Gasteiger partial charge >= 0.3 is 5.97 Å². The van der Waals surface area contributed by atoms with Crippen molar-refractivity contribution in [2.24, 2.45) is 0 Å². The van der Waals surface area contributed by atoms with Gasteiger partial charge in [0.25, 0.3) is 0 Å². The van der Waals surface area contributed by atoms with E-state index in [4.69, 9.17) is 4.74 Å². The van der Waals surface area contributed by atoms with Crippen LogP contribution in [-0.4, -0.2) is 17.6 Å². The zero-order valence-corrected chi connectivity index (χ0v) is 10.7. The lowest BCUT2D eigenvalue weighted by Gasteiger charge is -2.04. The molecule has 0 aliphatic carbocycles. The van der Waals surface area contributed by atoms with Crippen LogP contribution < -0.4 is 0 Å². The van der Waals surface area contributed by atoms with Crippen LogP contribution in [0.25, 0.3) is 12.2 Å². The molecule has 0 N–H and O–H groups in total. The van der Waals surface area contributed by atoms with Gasteiger partial charge in [0, 0.05) is 12.4 Å². The minimum atomic E-state index is -0.344. The summed E-state index contributed by atoms with van der Waals surface area (Å²) in [6, 6.07) is 11.7. The zero-order valence-electron chi connectivity index (χ0n) is 10.7. The summed E-state index contributed by atoms with van der Waals surface area (Å²) in [4.78, 5) is 15.7. The van der Waals surface area contributed by atoms with Gasteiger partial charge in [0.05, 0.1) is 12.2 Å². The van der Waals surface area contributed by atoms with Crippen molar-refractivity contribution < 1.29 is 9.53 Å². The van der Waals surface area contributed by atoms with Gasteiger partial charge in [0.2, 0.25) is 0 Å². The fourth-order valence-electron chi connectivity index (χ4n) is 1.68. The Kier molecular flexibility index (Phi) is 4.45. The summed E-state index contributed by atoms with van der Waals surface area (Å²) in [5.74, 6) is -0.344. The van der Waals surface area contributed by atoms with Crippen LogP contribution in [0.4, 0.5) is 0 Å². The molecule has 0 spiro atoms. The molecule has 0 aliphatic heterocycles. The zero-order chi connectivity index (χ0) is 13.5. The highest BCUT2D eigenvalue weighted by molar-refractivity contribution is 5.94. The van der Waals surface area contributed by atoms with E-state index in [9.17, 15) is 4.79 Å². The topological polar surface area (TPSA) is 39.2 Å². The van der Waals surface area contributed by atoms with E-state index in [0.717, 1.165) is 11.1 Å². The number of carbonyl (C=O) groups is 1. The molecule has 1 heterocycles. The van der Waals surface area contributed by atoms with Crippen molar-refractivity contribution in [3.63, 3.8) is 0 Å². The van der Waals surface area contributed by atoms with E-state index in [-0.39, 0.29) is 5.97 Å². The van der Waals surface area contributed by atoms with E-state index >= 15 is 0 Å². The Morgan fingerprint density at radius 1 is 1.21 bits per heavy atom. The first-order chi connectivity index (χ1) is 9.31. The van der Waals surface area contributed by atoms with Gasteiger partial charge in [-0.2, -0.15) is 0 Å². The molecule has 3 nitrogen and oxygen atoms in total. The van der Waals surface area contributed by atoms with Crippen LogP contribution in [0.2, 0.25) is 0 Å². The van der Waals surface area contributed by atoms with Crippen molar-refractivity contribution in [1.29, 1.82) is 0 Å². The molecular weight excluding hydrogens is 238 g/mol. The normalized spacial score (nSPS) is 10.6. The van der Waals surface area contributed by atoms with Crippen LogP contribution in [0.5, 0.6) is 0 Å². The molecule has 0 atom stereocenters. The average Bonchev–Trinajstić information content (AvgIpc) is 2.47. The minimum Gasteiger partial charge on any atom is -0.462 e. The van der Waals surface area contributed by atoms with E-state index in [1.807, 2.05) is 42.5 Å². The first kappa shape index (κ1) is 13.0. The summed E-state index contributed by atoms with van der Waals surface area (Å²) in [6.07, 6.45) is 7.04. The molecule has 0 saturated heterocycles. The van der Waals surface area contributed by atoms with E-state index in [0.29, 0.717) is 12.2 Å². The fraction of sp³-hybridized carbons (Fsp3) is 0.125. The molecule has 0 saturated carbocycles. The summed E-state index contributed by atoms with van der Waals surface area (Å²) in [7, 11) is 0.